The minimum atomic E-state index is -4.48. The van der Waals surface area contributed by atoms with Gasteiger partial charge >= 0.3 is 6.18 Å². The lowest BCUT2D eigenvalue weighted by Crippen LogP contribution is -2.32. The summed E-state index contributed by atoms with van der Waals surface area (Å²) < 4.78 is 37.4. The number of H-pyrrole nitrogens is 1. The van der Waals surface area contributed by atoms with Crippen LogP contribution < -0.4 is 0 Å². The molecule has 4 heterocycles. The highest BCUT2D eigenvalue weighted by molar-refractivity contribution is 6.04. The molecule has 1 unspecified atom stereocenters. The number of pyridine rings is 1. The molecule has 0 saturated carbocycles. The first-order valence-corrected chi connectivity index (χ1v) is 7.84. The predicted octanol–water partition coefficient (Wildman–Crippen LogP) is 2.77. The van der Waals surface area contributed by atoms with E-state index in [0.717, 1.165) is 16.3 Å². The van der Waals surface area contributed by atoms with Crippen LogP contribution >= 0.6 is 0 Å². The van der Waals surface area contributed by atoms with Crippen molar-refractivity contribution in [2.45, 2.75) is 24.9 Å². The number of fused-ring (bicyclic) bond motifs is 3. The molecule has 0 bridgehead atoms. The number of halogens is 3. The molecule has 1 saturated heterocycles. The second-order valence-electron chi connectivity index (χ2n) is 6.18. The monoisotopic (exact) mass is 349 g/mol. The molecule has 1 aliphatic heterocycles. The first-order chi connectivity index (χ1) is 11.9. The lowest BCUT2D eigenvalue weighted by molar-refractivity contribution is -0.160. The Hall–Kier alpha value is -2.71. The van der Waals surface area contributed by atoms with E-state index in [1.807, 2.05) is 6.07 Å². The van der Waals surface area contributed by atoms with E-state index in [0.29, 0.717) is 24.1 Å². The summed E-state index contributed by atoms with van der Waals surface area (Å²) >= 11 is 0. The number of aromatic nitrogens is 4. The van der Waals surface area contributed by atoms with Crippen LogP contribution in [-0.4, -0.2) is 50.2 Å². The molecule has 25 heavy (non-hydrogen) atoms. The van der Waals surface area contributed by atoms with Crippen LogP contribution in [0, 0.1) is 0 Å². The highest BCUT2D eigenvalue weighted by Crippen LogP contribution is 2.35. The zero-order valence-corrected chi connectivity index (χ0v) is 13.0. The van der Waals surface area contributed by atoms with Crippen molar-refractivity contribution in [2.75, 3.05) is 13.1 Å². The van der Waals surface area contributed by atoms with Crippen LogP contribution in [0.3, 0.4) is 0 Å². The highest BCUT2D eigenvalue weighted by Gasteiger charge is 2.36. The molecule has 0 radical (unpaired) electrons. The quantitative estimate of drug-likeness (QED) is 0.772. The third-order valence-corrected chi connectivity index (χ3v) is 4.54. The van der Waals surface area contributed by atoms with Gasteiger partial charge in [-0.3, -0.25) is 9.78 Å². The van der Waals surface area contributed by atoms with Crippen LogP contribution in [0.15, 0.2) is 24.7 Å². The van der Waals surface area contributed by atoms with Gasteiger partial charge in [-0.25, -0.2) is 0 Å². The maximum atomic E-state index is 12.5. The van der Waals surface area contributed by atoms with E-state index >= 15 is 0 Å². The van der Waals surface area contributed by atoms with Crippen molar-refractivity contribution in [1.82, 2.24) is 25.1 Å². The Labute approximate surface area is 140 Å². The lowest BCUT2D eigenvalue weighted by Gasteiger charge is -2.18. The average molecular weight is 349 g/mol. The van der Waals surface area contributed by atoms with Crippen molar-refractivity contribution in [1.29, 1.82) is 0 Å². The van der Waals surface area contributed by atoms with Crippen LogP contribution in [-0.2, 0) is 4.79 Å². The standard InChI is InChI=1S/C16H14F3N5O/c17-16(18,19)5-13(25)24-4-2-9(8-24)11-6-20-7-12-14(11)10-1-3-21-15(10)23-22-12/h1,3,6-7,9H,2,4-5,8H2,(H,21,23). The summed E-state index contributed by atoms with van der Waals surface area (Å²) in [4.78, 5) is 20.3. The Bertz CT molecular complexity index is 952. The van der Waals surface area contributed by atoms with Crippen LogP contribution in [0.25, 0.3) is 21.9 Å². The van der Waals surface area contributed by atoms with E-state index in [9.17, 15) is 18.0 Å². The van der Waals surface area contributed by atoms with Crippen LogP contribution in [0.4, 0.5) is 13.2 Å². The first kappa shape index (κ1) is 15.8. The van der Waals surface area contributed by atoms with Crippen molar-refractivity contribution in [3.05, 3.63) is 30.2 Å². The molecule has 6 nitrogen and oxygen atoms in total. The summed E-state index contributed by atoms with van der Waals surface area (Å²) in [5.41, 5.74) is 2.16. The van der Waals surface area contributed by atoms with Gasteiger partial charge in [-0.05, 0) is 18.1 Å². The van der Waals surface area contributed by atoms with Crippen molar-refractivity contribution < 1.29 is 18.0 Å². The second-order valence-corrected chi connectivity index (χ2v) is 6.18. The summed E-state index contributed by atoms with van der Waals surface area (Å²) in [7, 11) is 0. The van der Waals surface area contributed by atoms with Crippen molar-refractivity contribution in [3.8, 4) is 0 Å². The number of aromatic amines is 1. The summed E-state index contributed by atoms with van der Waals surface area (Å²) in [6.07, 6.45) is -0.224. The maximum absolute atomic E-state index is 12.5. The third-order valence-electron chi connectivity index (χ3n) is 4.54. The molecule has 1 amide bonds. The van der Waals surface area contributed by atoms with Crippen molar-refractivity contribution >= 4 is 27.8 Å². The van der Waals surface area contributed by atoms with E-state index in [4.69, 9.17) is 0 Å². The number of carbonyl (C=O) groups excluding carboxylic acids is 1. The summed E-state index contributed by atoms with van der Waals surface area (Å²) in [6, 6.07) is 1.89. The van der Waals surface area contributed by atoms with E-state index in [1.165, 1.54) is 4.90 Å². The van der Waals surface area contributed by atoms with Crippen molar-refractivity contribution in [3.63, 3.8) is 0 Å². The first-order valence-electron chi connectivity index (χ1n) is 7.84. The number of hydrogen-bond acceptors (Lipinski definition) is 4. The fourth-order valence-corrected chi connectivity index (χ4v) is 3.42. The number of carbonyl (C=O) groups is 1. The normalized spacial score (nSPS) is 18.4. The zero-order chi connectivity index (χ0) is 17.6. The Balaban J connectivity index is 1.67. The summed E-state index contributed by atoms with van der Waals surface area (Å²) in [6.45, 7) is 0.564. The van der Waals surface area contributed by atoms with Gasteiger partial charge in [0, 0.05) is 42.2 Å². The molecule has 1 aliphatic rings. The van der Waals surface area contributed by atoms with Gasteiger partial charge in [0.2, 0.25) is 5.91 Å². The summed E-state index contributed by atoms with van der Waals surface area (Å²) in [5, 5.41) is 10.0. The average Bonchev–Trinajstić information content (AvgIpc) is 3.22. The smallest absolute Gasteiger partial charge is 0.345 e. The number of nitrogens with one attached hydrogen (secondary N) is 1. The van der Waals surface area contributed by atoms with Crippen LogP contribution in [0.2, 0.25) is 0 Å². The number of alkyl halides is 3. The van der Waals surface area contributed by atoms with E-state index in [1.54, 1.807) is 18.6 Å². The molecule has 3 aromatic heterocycles. The SMILES string of the molecule is O=C(CC(F)(F)F)N1CCC(c2cncc3nnc4[nH]ccc4c23)C1. The van der Waals surface area contributed by atoms with Gasteiger partial charge < -0.3 is 9.88 Å². The number of hydrogen-bond donors (Lipinski definition) is 1. The lowest BCUT2D eigenvalue weighted by atomic mass is 9.95. The molecule has 0 spiro atoms. The van der Waals surface area contributed by atoms with Crippen LogP contribution in [0.5, 0.6) is 0 Å². The zero-order valence-electron chi connectivity index (χ0n) is 13.0. The Morgan fingerprint density at radius 2 is 2.16 bits per heavy atom. The Kier molecular flexibility index (Phi) is 3.59. The van der Waals surface area contributed by atoms with Crippen molar-refractivity contribution in [2.24, 2.45) is 0 Å². The molecule has 1 fully saturated rings. The molecule has 3 aromatic rings. The van der Waals surface area contributed by atoms with E-state index in [2.05, 4.69) is 20.2 Å². The van der Waals surface area contributed by atoms with Gasteiger partial charge in [-0.15, -0.1) is 10.2 Å². The number of nitrogens with zero attached hydrogens (tertiary/aromatic N) is 4. The minimum absolute atomic E-state index is 0.0734. The highest BCUT2D eigenvalue weighted by atomic mass is 19.4. The molecule has 4 rings (SSSR count). The summed E-state index contributed by atoms with van der Waals surface area (Å²) in [5.74, 6) is -0.953. The van der Waals surface area contributed by atoms with Gasteiger partial charge in [-0.1, -0.05) is 0 Å². The largest absolute Gasteiger partial charge is 0.397 e. The third kappa shape index (κ3) is 2.90. The second kappa shape index (κ2) is 5.68. The Morgan fingerprint density at radius 3 is 2.96 bits per heavy atom. The van der Waals surface area contributed by atoms with Crippen LogP contribution in [0.1, 0.15) is 24.3 Å². The molecular weight excluding hydrogens is 335 g/mol. The van der Waals surface area contributed by atoms with Gasteiger partial charge in [-0.2, -0.15) is 13.2 Å². The fourth-order valence-electron chi connectivity index (χ4n) is 3.42. The topological polar surface area (TPSA) is 74.8 Å². The number of amides is 1. The van der Waals surface area contributed by atoms with Gasteiger partial charge in [0.05, 0.1) is 6.20 Å². The number of rotatable bonds is 2. The van der Waals surface area contributed by atoms with E-state index in [-0.39, 0.29) is 12.5 Å². The molecule has 9 heteroatoms. The minimum Gasteiger partial charge on any atom is -0.345 e. The molecule has 130 valence electrons. The maximum Gasteiger partial charge on any atom is 0.397 e. The number of likely N-dealkylation sites (tertiary alicyclic amines) is 1. The van der Waals surface area contributed by atoms with E-state index < -0.39 is 18.5 Å². The molecule has 0 aromatic carbocycles. The van der Waals surface area contributed by atoms with Gasteiger partial charge in [0.25, 0.3) is 0 Å². The Morgan fingerprint density at radius 1 is 1.32 bits per heavy atom. The predicted molar refractivity (Wildman–Crippen MR) is 83.8 cm³/mol. The molecule has 1 N–H and O–H groups in total. The molecule has 0 aliphatic carbocycles. The fraction of sp³-hybridized carbons (Fsp3) is 0.375. The van der Waals surface area contributed by atoms with Gasteiger partial charge in [0.15, 0.2) is 5.65 Å². The molecular formula is C16H14F3N5O. The van der Waals surface area contributed by atoms with Gasteiger partial charge in [0.1, 0.15) is 11.9 Å². The molecule has 1 atom stereocenters.